The fourth-order valence-corrected chi connectivity index (χ4v) is 2.73. The van der Waals surface area contributed by atoms with Crippen LogP contribution in [0.4, 0.5) is 0 Å². The van der Waals surface area contributed by atoms with E-state index in [1.54, 1.807) is 0 Å². The van der Waals surface area contributed by atoms with E-state index >= 15 is 0 Å². The molecule has 2 heterocycles. The highest BCUT2D eigenvalue weighted by Gasteiger charge is 2.22. The second kappa shape index (κ2) is 5.45. The molecule has 0 aliphatic carbocycles. The summed E-state index contributed by atoms with van der Waals surface area (Å²) in [5.74, 6) is 0.391. The Morgan fingerprint density at radius 3 is 2.42 bits per heavy atom. The lowest BCUT2D eigenvalue weighted by atomic mass is 10.2. The SMILES string of the molecule is CC(=O)Oc1c(-c2nc3ccccc3nc2C)oc2ccccc12. The Hall–Kier alpha value is -3.21. The average molecular weight is 318 g/mol. The lowest BCUT2D eigenvalue weighted by molar-refractivity contribution is -0.131. The molecule has 24 heavy (non-hydrogen) atoms. The molecule has 0 N–H and O–H groups in total. The van der Waals surface area contributed by atoms with E-state index in [-0.39, 0.29) is 0 Å². The van der Waals surface area contributed by atoms with Crippen LogP contribution in [0.2, 0.25) is 0 Å². The Balaban J connectivity index is 2.02. The highest BCUT2D eigenvalue weighted by molar-refractivity contribution is 5.94. The first-order valence-corrected chi connectivity index (χ1v) is 7.57. The number of aryl methyl sites for hydroxylation is 1. The molecule has 0 aliphatic heterocycles. The zero-order chi connectivity index (χ0) is 16.7. The van der Waals surface area contributed by atoms with Gasteiger partial charge < -0.3 is 9.15 Å². The van der Waals surface area contributed by atoms with Crippen molar-refractivity contribution in [2.45, 2.75) is 13.8 Å². The Morgan fingerprint density at radius 2 is 1.67 bits per heavy atom. The minimum absolute atomic E-state index is 0.380. The number of furan rings is 1. The minimum atomic E-state index is -0.408. The number of carbonyl (C=O) groups is 1. The molecule has 0 amide bonds. The second-order valence-electron chi connectivity index (χ2n) is 5.50. The minimum Gasteiger partial charge on any atom is -0.450 e. The van der Waals surface area contributed by atoms with Crippen molar-refractivity contribution < 1.29 is 13.9 Å². The molecule has 5 nitrogen and oxygen atoms in total. The van der Waals surface area contributed by atoms with Gasteiger partial charge >= 0.3 is 5.97 Å². The second-order valence-corrected chi connectivity index (χ2v) is 5.50. The number of aromatic nitrogens is 2. The molecule has 2 aromatic heterocycles. The summed E-state index contributed by atoms with van der Waals surface area (Å²) in [6, 6.07) is 15.0. The van der Waals surface area contributed by atoms with Gasteiger partial charge in [-0.25, -0.2) is 9.97 Å². The van der Waals surface area contributed by atoms with E-state index in [9.17, 15) is 4.79 Å². The maximum atomic E-state index is 11.5. The van der Waals surface area contributed by atoms with Gasteiger partial charge in [0.05, 0.1) is 22.1 Å². The zero-order valence-electron chi connectivity index (χ0n) is 13.2. The van der Waals surface area contributed by atoms with Crippen molar-refractivity contribution in [1.29, 1.82) is 0 Å². The summed E-state index contributed by atoms with van der Waals surface area (Å²) in [4.78, 5) is 20.8. The molecule has 4 rings (SSSR count). The van der Waals surface area contributed by atoms with Crippen molar-refractivity contribution >= 4 is 28.0 Å². The summed E-state index contributed by atoms with van der Waals surface area (Å²) in [5, 5.41) is 0.733. The Labute approximate surface area is 137 Å². The third-order valence-corrected chi connectivity index (χ3v) is 3.76. The van der Waals surface area contributed by atoms with E-state index in [0.717, 1.165) is 16.4 Å². The van der Waals surface area contributed by atoms with Crippen LogP contribution >= 0.6 is 0 Å². The molecule has 0 saturated carbocycles. The van der Waals surface area contributed by atoms with Gasteiger partial charge in [-0.2, -0.15) is 0 Å². The summed E-state index contributed by atoms with van der Waals surface area (Å²) in [6.45, 7) is 3.23. The van der Waals surface area contributed by atoms with Gasteiger partial charge in [-0.1, -0.05) is 24.3 Å². The molecule has 0 unspecified atom stereocenters. The van der Waals surface area contributed by atoms with Crippen LogP contribution in [-0.2, 0) is 4.79 Å². The number of nitrogens with zero attached hydrogens (tertiary/aromatic N) is 2. The van der Waals surface area contributed by atoms with E-state index in [0.29, 0.717) is 28.5 Å². The van der Waals surface area contributed by atoms with Gasteiger partial charge in [-0.05, 0) is 31.2 Å². The van der Waals surface area contributed by atoms with E-state index < -0.39 is 5.97 Å². The number of para-hydroxylation sites is 3. The van der Waals surface area contributed by atoms with E-state index in [1.807, 2.05) is 55.5 Å². The first kappa shape index (κ1) is 14.4. The van der Waals surface area contributed by atoms with Crippen molar-refractivity contribution in [3.8, 4) is 17.2 Å². The number of ether oxygens (including phenoxy) is 1. The van der Waals surface area contributed by atoms with Gasteiger partial charge in [-0.3, -0.25) is 4.79 Å². The van der Waals surface area contributed by atoms with Gasteiger partial charge in [0.25, 0.3) is 0 Å². The first-order chi connectivity index (χ1) is 11.6. The first-order valence-electron chi connectivity index (χ1n) is 7.57. The number of esters is 1. The van der Waals surface area contributed by atoms with E-state index in [4.69, 9.17) is 9.15 Å². The summed E-state index contributed by atoms with van der Waals surface area (Å²) >= 11 is 0. The molecular weight excluding hydrogens is 304 g/mol. The van der Waals surface area contributed by atoms with Crippen LogP contribution in [0, 0.1) is 6.92 Å². The average Bonchev–Trinajstić information content (AvgIpc) is 2.92. The van der Waals surface area contributed by atoms with Crippen LogP contribution in [0.1, 0.15) is 12.6 Å². The van der Waals surface area contributed by atoms with Crippen molar-refractivity contribution in [3.63, 3.8) is 0 Å². The molecule has 2 aromatic carbocycles. The van der Waals surface area contributed by atoms with Gasteiger partial charge in [0.15, 0.2) is 11.5 Å². The van der Waals surface area contributed by atoms with Gasteiger partial charge in [-0.15, -0.1) is 0 Å². The van der Waals surface area contributed by atoms with Gasteiger partial charge in [0.1, 0.15) is 11.3 Å². The van der Waals surface area contributed by atoms with E-state index in [1.165, 1.54) is 6.92 Å². The van der Waals surface area contributed by atoms with Crippen molar-refractivity contribution in [2.75, 3.05) is 0 Å². The number of rotatable bonds is 2. The molecule has 0 spiro atoms. The van der Waals surface area contributed by atoms with Crippen LogP contribution in [-0.4, -0.2) is 15.9 Å². The van der Waals surface area contributed by atoms with Crippen LogP contribution in [0.15, 0.2) is 52.9 Å². The standard InChI is InChI=1S/C19H14N2O3/c1-11-17(21-15-9-5-4-8-14(15)20-11)19-18(23-12(2)22)13-7-3-6-10-16(13)24-19/h3-10H,1-2H3. The Kier molecular flexibility index (Phi) is 3.27. The predicted molar refractivity (Wildman–Crippen MR) is 90.8 cm³/mol. The summed E-state index contributed by atoms with van der Waals surface area (Å²) in [5.41, 5.74) is 3.48. The molecule has 4 aromatic rings. The lowest BCUT2D eigenvalue weighted by Crippen LogP contribution is -2.03. The molecule has 0 bridgehead atoms. The molecular formula is C19H14N2O3. The van der Waals surface area contributed by atoms with Crippen LogP contribution < -0.4 is 4.74 Å². The Bertz CT molecular complexity index is 1080. The summed E-state index contributed by atoms with van der Waals surface area (Å²) in [7, 11) is 0. The number of fused-ring (bicyclic) bond motifs is 2. The number of carbonyl (C=O) groups excluding carboxylic acids is 1. The smallest absolute Gasteiger partial charge is 0.308 e. The largest absolute Gasteiger partial charge is 0.450 e. The van der Waals surface area contributed by atoms with Gasteiger partial charge in [0, 0.05) is 6.92 Å². The summed E-state index contributed by atoms with van der Waals surface area (Å²) < 4.78 is 11.4. The molecule has 5 heteroatoms. The maximum Gasteiger partial charge on any atom is 0.308 e. The third-order valence-electron chi connectivity index (χ3n) is 3.76. The quantitative estimate of drug-likeness (QED) is 0.516. The van der Waals surface area contributed by atoms with Crippen LogP contribution in [0.3, 0.4) is 0 Å². The molecule has 0 radical (unpaired) electrons. The van der Waals surface area contributed by atoms with Gasteiger partial charge in [0.2, 0.25) is 0 Å². The van der Waals surface area contributed by atoms with Crippen molar-refractivity contribution in [3.05, 3.63) is 54.2 Å². The number of hydrogen-bond acceptors (Lipinski definition) is 5. The number of benzene rings is 2. The lowest BCUT2D eigenvalue weighted by Gasteiger charge is -2.06. The Morgan fingerprint density at radius 1 is 1.00 bits per heavy atom. The van der Waals surface area contributed by atoms with Crippen LogP contribution in [0.25, 0.3) is 33.5 Å². The zero-order valence-corrected chi connectivity index (χ0v) is 13.2. The monoisotopic (exact) mass is 318 g/mol. The van der Waals surface area contributed by atoms with Crippen LogP contribution in [0.5, 0.6) is 5.75 Å². The normalized spacial score (nSPS) is 11.1. The molecule has 0 fully saturated rings. The maximum absolute atomic E-state index is 11.5. The molecule has 118 valence electrons. The topological polar surface area (TPSA) is 65.2 Å². The van der Waals surface area contributed by atoms with Crippen molar-refractivity contribution in [1.82, 2.24) is 9.97 Å². The highest BCUT2D eigenvalue weighted by Crippen LogP contribution is 2.40. The molecule has 0 saturated heterocycles. The molecule has 0 aliphatic rings. The fourth-order valence-electron chi connectivity index (χ4n) is 2.73. The number of hydrogen-bond donors (Lipinski definition) is 0. The fraction of sp³-hybridized carbons (Fsp3) is 0.105. The highest BCUT2D eigenvalue weighted by atomic mass is 16.5. The predicted octanol–water partition coefficient (Wildman–Crippen LogP) is 4.28. The van der Waals surface area contributed by atoms with E-state index in [2.05, 4.69) is 9.97 Å². The van der Waals surface area contributed by atoms with Crippen molar-refractivity contribution in [2.24, 2.45) is 0 Å². The summed E-state index contributed by atoms with van der Waals surface area (Å²) in [6.07, 6.45) is 0. The molecule has 0 atom stereocenters. The third kappa shape index (κ3) is 2.31.